The molecule has 3 heteroatoms. The minimum absolute atomic E-state index is 0.0786. The van der Waals surface area contributed by atoms with Gasteiger partial charge in [-0.25, -0.2) is 4.79 Å². The molecule has 0 aliphatic heterocycles. The van der Waals surface area contributed by atoms with Gasteiger partial charge >= 0.3 is 6.09 Å². The normalized spacial score (nSPS) is 13.9. The molecule has 0 spiro atoms. The van der Waals surface area contributed by atoms with Crippen LogP contribution < -0.4 is 5.32 Å². The fourth-order valence-corrected chi connectivity index (χ4v) is 1.22. The average Bonchev–Trinajstić information content (AvgIpc) is 2.00. The summed E-state index contributed by atoms with van der Waals surface area (Å²) in [5.41, 5.74) is -0.434. The van der Waals surface area contributed by atoms with Crippen molar-refractivity contribution in [3.05, 3.63) is 12.2 Å². The van der Waals surface area contributed by atoms with Gasteiger partial charge in [-0.3, -0.25) is 0 Å². The van der Waals surface area contributed by atoms with Crippen LogP contribution in [0.15, 0.2) is 12.2 Å². The second-order valence-corrected chi connectivity index (χ2v) is 4.57. The zero-order valence-electron chi connectivity index (χ0n) is 10.5. The standard InChI is InChI=1S/C12H23NO2/c1-6-8-10(9-7-2)13-11(14)15-12(3,4)5/h6,8,10H,7,9H2,1-5H3,(H,13,14). The molecule has 0 saturated heterocycles. The van der Waals surface area contributed by atoms with Crippen LogP contribution in [0.3, 0.4) is 0 Å². The quantitative estimate of drug-likeness (QED) is 0.728. The van der Waals surface area contributed by atoms with E-state index in [-0.39, 0.29) is 12.1 Å². The summed E-state index contributed by atoms with van der Waals surface area (Å²) >= 11 is 0. The first-order valence-corrected chi connectivity index (χ1v) is 5.51. The van der Waals surface area contributed by atoms with Gasteiger partial charge < -0.3 is 10.1 Å². The van der Waals surface area contributed by atoms with E-state index in [1.54, 1.807) is 0 Å². The van der Waals surface area contributed by atoms with Crippen molar-refractivity contribution in [2.45, 2.75) is 59.1 Å². The summed E-state index contributed by atoms with van der Waals surface area (Å²) in [6.07, 6.45) is 5.54. The molecule has 1 N–H and O–H groups in total. The number of allylic oxidation sites excluding steroid dienone is 1. The number of hydrogen-bond donors (Lipinski definition) is 1. The second-order valence-electron chi connectivity index (χ2n) is 4.57. The number of nitrogens with one attached hydrogen (secondary N) is 1. The summed E-state index contributed by atoms with van der Waals surface area (Å²) in [5, 5.41) is 2.83. The summed E-state index contributed by atoms with van der Waals surface area (Å²) in [6, 6.07) is 0.0786. The average molecular weight is 213 g/mol. The molecule has 0 fully saturated rings. The van der Waals surface area contributed by atoms with Crippen LogP contribution in [-0.4, -0.2) is 17.7 Å². The van der Waals surface area contributed by atoms with E-state index in [2.05, 4.69) is 12.2 Å². The lowest BCUT2D eigenvalue weighted by Gasteiger charge is -2.22. The monoisotopic (exact) mass is 213 g/mol. The van der Waals surface area contributed by atoms with E-state index in [1.165, 1.54) is 0 Å². The molecule has 0 saturated carbocycles. The van der Waals surface area contributed by atoms with E-state index in [0.29, 0.717) is 0 Å². The minimum Gasteiger partial charge on any atom is -0.444 e. The van der Waals surface area contributed by atoms with Crippen LogP contribution in [0.4, 0.5) is 4.79 Å². The van der Waals surface area contributed by atoms with Gasteiger partial charge in [-0.15, -0.1) is 0 Å². The molecule has 1 atom stereocenters. The topological polar surface area (TPSA) is 38.3 Å². The van der Waals surface area contributed by atoms with Crippen molar-refractivity contribution in [2.24, 2.45) is 0 Å². The summed E-state index contributed by atoms with van der Waals surface area (Å²) < 4.78 is 5.18. The molecule has 1 unspecified atom stereocenters. The highest BCUT2D eigenvalue weighted by Crippen LogP contribution is 2.07. The Bertz CT molecular complexity index is 216. The number of amides is 1. The summed E-state index contributed by atoms with van der Waals surface area (Å²) in [5.74, 6) is 0. The van der Waals surface area contributed by atoms with Gasteiger partial charge in [-0.2, -0.15) is 0 Å². The first-order chi connectivity index (χ1) is 6.89. The second kappa shape index (κ2) is 6.49. The van der Waals surface area contributed by atoms with E-state index in [0.717, 1.165) is 12.8 Å². The highest BCUT2D eigenvalue weighted by molar-refractivity contribution is 5.68. The Hall–Kier alpha value is -0.990. The highest BCUT2D eigenvalue weighted by Gasteiger charge is 2.17. The van der Waals surface area contributed by atoms with Crippen molar-refractivity contribution in [1.29, 1.82) is 0 Å². The van der Waals surface area contributed by atoms with Gasteiger partial charge in [0.15, 0.2) is 0 Å². The Balaban J connectivity index is 4.11. The third-order valence-electron chi connectivity index (χ3n) is 1.73. The number of ether oxygens (including phenoxy) is 1. The van der Waals surface area contributed by atoms with E-state index >= 15 is 0 Å². The molecule has 0 aromatic carbocycles. The third-order valence-corrected chi connectivity index (χ3v) is 1.73. The van der Waals surface area contributed by atoms with Gasteiger partial charge in [0.25, 0.3) is 0 Å². The van der Waals surface area contributed by atoms with Crippen LogP contribution in [0.1, 0.15) is 47.5 Å². The Morgan fingerprint density at radius 2 is 2.07 bits per heavy atom. The molecule has 3 nitrogen and oxygen atoms in total. The van der Waals surface area contributed by atoms with Crippen LogP contribution in [-0.2, 0) is 4.74 Å². The van der Waals surface area contributed by atoms with Crippen molar-refractivity contribution >= 4 is 6.09 Å². The van der Waals surface area contributed by atoms with E-state index in [4.69, 9.17) is 4.74 Å². The molecule has 88 valence electrons. The van der Waals surface area contributed by atoms with Gasteiger partial charge in [-0.1, -0.05) is 25.5 Å². The van der Waals surface area contributed by atoms with Gasteiger partial charge in [0.1, 0.15) is 5.60 Å². The maximum Gasteiger partial charge on any atom is 0.408 e. The van der Waals surface area contributed by atoms with Crippen LogP contribution in [0.25, 0.3) is 0 Å². The Morgan fingerprint density at radius 1 is 1.47 bits per heavy atom. The SMILES string of the molecule is CC=CC(CCC)NC(=O)OC(C)(C)C. The third kappa shape index (κ3) is 8.03. The molecular formula is C12H23NO2. The number of hydrogen-bond acceptors (Lipinski definition) is 2. The van der Waals surface area contributed by atoms with Crippen molar-refractivity contribution in [3.63, 3.8) is 0 Å². The van der Waals surface area contributed by atoms with Crippen molar-refractivity contribution < 1.29 is 9.53 Å². The van der Waals surface area contributed by atoms with E-state index < -0.39 is 5.60 Å². The zero-order chi connectivity index (χ0) is 11.9. The molecule has 0 aromatic heterocycles. The molecule has 0 heterocycles. The summed E-state index contributed by atoms with van der Waals surface area (Å²) in [4.78, 5) is 11.5. The molecule has 15 heavy (non-hydrogen) atoms. The smallest absolute Gasteiger partial charge is 0.408 e. The Morgan fingerprint density at radius 3 is 2.47 bits per heavy atom. The van der Waals surface area contributed by atoms with E-state index in [1.807, 2.05) is 39.8 Å². The zero-order valence-corrected chi connectivity index (χ0v) is 10.5. The maximum absolute atomic E-state index is 11.5. The van der Waals surface area contributed by atoms with Gasteiger partial charge in [0.2, 0.25) is 0 Å². The molecule has 0 aliphatic carbocycles. The molecule has 0 bridgehead atoms. The van der Waals surface area contributed by atoms with Crippen molar-refractivity contribution in [3.8, 4) is 0 Å². The number of carbonyl (C=O) groups is 1. The fourth-order valence-electron chi connectivity index (χ4n) is 1.22. The van der Waals surface area contributed by atoms with Gasteiger partial charge in [-0.05, 0) is 34.1 Å². The fraction of sp³-hybridized carbons (Fsp3) is 0.750. The first-order valence-electron chi connectivity index (χ1n) is 5.51. The summed E-state index contributed by atoms with van der Waals surface area (Å²) in [7, 11) is 0. The molecule has 0 rings (SSSR count). The number of carbonyl (C=O) groups excluding carboxylic acids is 1. The number of alkyl carbamates (subject to hydrolysis) is 1. The highest BCUT2D eigenvalue weighted by atomic mass is 16.6. The Labute approximate surface area is 92.9 Å². The lowest BCUT2D eigenvalue weighted by Crippen LogP contribution is -2.38. The molecule has 0 aromatic rings. The van der Waals surface area contributed by atoms with Crippen LogP contribution >= 0.6 is 0 Å². The van der Waals surface area contributed by atoms with Gasteiger partial charge in [0.05, 0.1) is 6.04 Å². The van der Waals surface area contributed by atoms with Crippen LogP contribution in [0, 0.1) is 0 Å². The van der Waals surface area contributed by atoms with E-state index in [9.17, 15) is 4.79 Å². The van der Waals surface area contributed by atoms with Crippen LogP contribution in [0.2, 0.25) is 0 Å². The molecule has 0 aliphatic rings. The molecular weight excluding hydrogens is 190 g/mol. The Kier molecular flexibility index (Phi) is 6.06. The molecule has 0 radical (unpaired) electrons. The largest absolute Gasteiger partial charge is 0.444 e. The van der Waals surface area contributed by atoms with Crippen molar-refractivity contribution in [1.82, 2.24) is 5.32 Å². The lowest BCUT2D eigenvalue weighted by molar-refractivity contribution is 0.0512. The maximum atomic E-state index is 11.5. The van der Waals surface area contributed by atoms with Crippen LogP contribution in [0.5, 0.6) is 0 Å². The minimum atomic E-state index is -0.434. The molecule has 1 amide bonds. The number of rotatable bonds is 4. The predicted octanol–water partition coefficient (Wildman–Crippen LogP) is 3.26. The first kappa shape index (κ1) is 14.0. The summed E-state index contributed by atoms with van der Waals surface area (Å²) in [6.45, 7) is 9.61. The van der Waals surface area contributed by atoms with Gasteiger partial charge in [0, 0.05) is 0 Å². The predicted molar refractivity (Wildman–Crippen MR) is 62.9 cm³/mol. The van der Waals surface area contributed by atoms with Crippen molar-refractivity contribution in [2.75, 3.05) is 0 Å². The lowest BCUT2D eigenvalue weighted by atomic mass is 10.1.